The molecule has 3 rings (SSSR count). The molecule has 120 valence electrons. The van der Waals surface area contributed by atoms with Crippen LogP contribution >= 0.6 is 11.6 Å². The molecule has 1 saturated heterocycles. The van der Waals surface area contributed by atoms with Crippen molar-refractivity contribution >= 4 is 23.1 Å². The fourth-order valence-electron chi connectivity index (χ4n) is 2.42. The maximum Gasteiger partial charge on any atom is 0.198 e. The third-order valence-corrected chi connectivity index (χ3v) is 3.86. The molecule has 0 saturated carbocycles. The van der Waals surface area contributed by atoms with E-state index < -0.39 is 11.6 Å². The van der Waals surface area contributed by atoms with Gasteiger partial charge < -0.3 is 4.90 Å². The second-order valence-corrected chi connectivity index (χ2v) is 5.57. The van der Waals surface area contributed by atoms with Gasteiger partial charge in [-0.2, -0.15) is 5.11 Å². The van der Waals surface area contributed by atoms with Gasteiger partial charge in [0.05, 0.1) is 12.2 Å². The highest BCUT2D eigenvalue weighted by molar-refractivity contribution is 6.32. The smallest absolute Gasteiger partial charge is 0.198 e. The van der Waals surface area contributed by atoms with E-state index in [1.165, 1.54) is 12.1 Å². The van der Waals surface area contributed by atoms with Gasteiger partial charge in [-0.25, -0.2) is 8.78 Å². The molecule has 0 atom stereocenters. The summed E-state index contributed by atoms with van der Waals surface area (Å²) in [7, 11) is 0. The Morgan fingerprint density at radius 1 is 1.13 bits per heavy atom. The van der Waals surface area contributed by atoms with Gasteiger partial charge in [0.15, 0.2) is 11.0 Å². The number of azo groups is 1. The Hall–Kier alpha value is -2.15. The highest BCUT2D eigenvalue weighted by Gasteiger charge is 2.17. The van der Waals surface area contributed by atoms with Crippen LogP contribution in [0.4, 0.5) is 20.3 Å². The molecule has 1 aromatic carbocycles. The first kappa shape index (κ1) is 15.7. The number of aromatic nitrogens is 2. The molecular weight excluding hydrogens is 324 g/mol. The van der Waals surface area contributed by atoms with Crippen LogP contribution in [-0.2, 0) is 6.54 Å². The molecule has 0 N–H and O–H groups in total. The van der Waals surface area contributed by atoms with E-state index >= 15 is 0 Å². The molecule has 5 nitrogen and oxygen atoms in total. The summed E-state index contributed by atoms with van der Waals surface area (Å²) in [4.78, 5) is 2.12. The van der Waals surface area contributed by atoms with Crippen LogP contribution in [0.2, 0.25) is 5.15 Å². The lowest BCUT2D eigenvalue weighted by molar-refractivity contribution is 0.571. The second-order valence-electron chi connectivity index (χ2n) is 5.21. The minimum Gasteiger partial charge on any atom is -0.369 e. The quantitative estimate of drug-likeness (QED) is 0.782. The Morgan fingerprint density at radius 3 is 2.65 bits per heavy atom. The van der Waals surface area contributed by atoms with Crippen LogP contribution in [0.25, 0.3) is 0 Å². The predicted molar refractivity (Wildman–Crippen MR) is 83.1 cm³/mol. The van der Waals surface area contributed by atoms with Crippen LogP contribution in [-0.4, -0.2) is 23.3 Å². The third-order valence-electron chi connectivity index (χ3n) is 3.59. The van der Waals surface area contributed by atoms with E-state index in [1.54, 1.807) is 6.07 Å². The highest BCUT2D eigenvalue weighted by atomic mass is 35.5. The second kappa shape index (κ2) is 6.95. The molecule has 23 heavy (non-hydrogen) atoms. The summed E-state index contributed by atoms with van der Waals surface area (Å²) in [6.45, 7) is 1.83. The van der Waals surface area contributed by atoms with Crippen molar-refractivity contribution in [2.75, 3.05) is 18.0 Å². The van der Waals surface area contributed by atoms with Gasteiger partial charge in [-0.05, 0) is 18.9 Å². The summed E-state index contributed by atoms with van der Waals surface area (Å²) in [6.07, 6.45) is 2.22. The van der Waals surface area contributed by atoms with Gasteiger partial charge in [0, 0.05) is 30.8 Å². The zero-order valence-electron chi connectivity index (χ0n) is 12.2. The minimum atomic E-state index is -0.649. The van der Waals surface area contributed by atoms with Gasteiger partial charge in [0.1, 0.15) is 11.6 Å². The summed E-state index contributed by atoms with van der Waals surface area (Å²) in [5.74, 6) is -0.968. The van der Waals surface area contributed by atoms with Crippen LogP contribution in [0.3, 0.4) is 0 Å². The van der Waals surface area contributed by atoms with Crippen LogP contribution in [0, 0.1) is 11.6 Å². The van der Waals surface area contributed by atoms with Crippen molar-refractivity contribution in [1.29, 1.82) is 0 Å². The highest BCUT2D eigenvalue weighted by Crippen LogP contribution is 2.29. The molecule has 2 heterocycles. The van der Waals surface area contributed by atoms with Crippen molar-refractivity contribution < 1.29 is 8.78 Å². The van der Waals surface area contributed by atoms with E-state index in [0.717, 1.165) is 37.7 Å². The maximum atomic E-state index is 13.5. The van der Waals surface area contributed by atoms with E-state index in [4.69, 9.17) is 11.6 Å². The van der Waals surface area contributed by atoms with Gasteiger partial charge in [0.25, 0.3) is 0 Å². The van der Waals surface area contributed by atoms with Crippen LogP contribution in [0.1, 0.15) is 18.4 Å². The number of anilines is 1. The SMILES string of the molecule is Fc1ccc(CN=Nc2cc(N3CCCC3)c(Cl)nn2)c(F)c1. The Balaban J connectivity index is 1.73. The number of hydrogen-bond donors (Lipinski definition) is 0. The zero-order chi connectivity index (χ0) is 16.2. The van der Waals surface area contributed by atoms with Crippen molar-refractivity contribution in [2.45, 2.75) is 19.4 Å². The summed E-state index contributed by atoms with van der Waals surface area (Å²) in [5, 5.41) is 15.9. The minimum absolute atomic E-state index is 0.00450. The van der Waals surface area contributed by atoms with E-state index in [1.807, 2.05) is 0 Å². The topological polar surface area (TPSA) is 53.7 Å². The van der Waals surface area contributed by atoms with Crippen LogP contribution < -0.4 is 4.90 Å². The Kier molecular flexibility index (Phi) is 4.76. The largest absolute Gasteiger partial charge is 0.369 e. The predicted octanol–water partition coefficient (Wildman–Crippen LogP) is 4.29. The van der Waals surface area contributed by atoms with Crippen LogP contribution in [0.5, 0.6) is 0 Å². The molecule has 8 heteroatoms. The zero-order valence-corrected chi connectivity index (χ0v) is 13.0. The van der Waals surface area contributed by atoms with Gasteiger partial charge >= 0.3 is 0 Å². The van der Waals surface area contributed by atoms with Gasteiger partial charge in [-0.15, -0.1) is 15.3 Å². The molecule has 1 fully saturated rings. The molecule has 1 aliphatic heterocycles. The lowest BCUT2D eigenvalue weighted by atomic mass is 10.2. The number of rotatable bonds is 4. The standard InChI is InChI=1S/C15H14ClF2N5/c16-15-13(23-5-1-2-6-23)8-14(21-22-15)20-19-9-10-3-4-11(17)7-12(10)18/h3-4,7-8H,1-2,5-6,9H2. The molecule has 0 bridgehead atoms. The van der Waals surface area contributed by atoms with Crippen molar-refractivity contribution in [3.63, 3.8) is 0 Å². The van der Waals surface area contributed by atoms with Gasteiger partial charge in [-0.1, -0.05) is 17.7 Å². The van der Waals surface area contributed by atoms with Crippen molar-refractivity contribution in [3.05, 3.63) is 46.6 Å². The van der Waals surface area contributed by atoms with Crippen molar-refractivity contribution in [2.24, 2.45) is 10.2 Å². The Labute approximate surface area is 137 Å². The fourth-order valence-corrected chi connectivity index (χ4v) is 2.63. The van der Waals surface area contributed by atoms with E-state index in [-0.39, 0.29) is 12.1 Å². The molecule has 1 aliphatic rings. The number of halogens is 3. The lowest BCUT2D eigenvalue weighted by Gasteiger charge is -2.17. The summed E-state index contributed by atoms with van der Waals surface area (Å²) in [5.41, 5.74) is 1.04. The first-order valence-electron chi connectivity index (χ1n) is 7.23. The lowest BCUT2D eigenvalue weighted by Crippen LogP contribution is -2.18. The number of nitrogens with zero attached hydrogens (tertiary/aromatic N) is 5. The fraction of sp³-hybridized carbons (Fsp3) is 0.333. The first-order valence-corrected chi connectivity index (χ1v) is 7.61. The average Bonchev–Trinajstić information content (AvgIpc) is 3.05. The molecule has 0 aliphatic carbocycles. The normalized spacial score (nSPS) is 14.8. The summed E-state index contributed by atoms with van der Waals surface area (Å²) >= 11 is 6.07. The third kappa shape index (κ3) is 3.79. The molecular formula is C15H14ClF2N5. The molecule has 0 amide bonds. The molecule has 0 radical (unpaired) electrons. The Bertz CT molecular complexity index is 732. The molecule has 1 aromatic heterocycles. The number of benzene rings is 1. The van der Waals surface area contributed by atoms with Crippen LogP contribution in [0.15, 0.2) is 34.5 Å². The summed E-state index contributed by atoms with van der Waals surface area (Å²) in [6, 6.07) is 5.05. The number of hydrogen-bond acceptors (Lipinski definition) is 5. The van der Waals surface area contributed by atoms with E-state index in [0.29, 0.717) is 11.0 Å². The van der Waals surface area contributed by atoms with Gasteiger partial charge in [-0.3, -0.25) is 0 Å². The monoisotopic (exact) mass is 337 g/mol. The maximum absolute atomic E-state index is 13.5. The average molecular weight is 338 g/mol. The van der Waals surface area contributed by atoms with E-state index in [2.05, 4.69) is 25.3 Å². The first-order chi connectivity index (χ1) is 11.1. The molecule has 0 unspecified atom stereocenters. The van der Waals surface area contributed by atoms with Crippen molar-refractivity contribution in [1.82, 2.24) is 10.2 Å². The van der Waals surface area contributed by atoms with Crippen molar-refractivity contribution in [3.8, 4) is 0 Å². The summed E-state index contributed by atoms with van der Waals surface area (Å²) < 4.78 is 26.3. The molecule has 0 spiro atoms. The molecule has 2 aromatic rings. The Morgan fingerprint density at radius 2 is 1.91 bits per heavy atom. The van der Waals surface area contributed by atoms with E-state index in [9.17, 15) is 8.78 Å². The van der Waals surface area contributed by atoms with Gasteiger partial charge in [0.2, 0.25) is 0 Å².